The molecule has 0 radical (unpaired) electrons. The monoisotopic (exact) mass is 295 g/mol. The Labute approximate surface area is 119 Å². The van der Waals surface area contributed by atoms with E-state index in [4.69, 9.17) is 0 Å². The van der Waals surface area contributed by atoms with Crippen molar-refractivity contribution in [1.29, 1.82) is 0 Å². The lowest BCUT2D eigenvalue weighted by molar-refractivity contribution is 0.0911. The normalized spacial score (nSPS) is 12.0. The second-order valence-electron chi connectivity index (χ2n) is 4.38. The summed E-state index contributed by atoms with van der Waals surface area (Å²) in [6.45, 7) is -0.208. The molecule has 1 unspecified atom stereocenters. The van der Waals surface area contributed by atoms with E-state index in [0.29, 0.717) is 5.56 Å². The minimum Gasteiger partial charge on any atom is -0.387 e. The van der Waals surface area contributed by atoms with Crippen LogP contribution in [-0.2, 0) is 0 Å². The van der Waals surface area contributed by atoms with Crippen LogP contribution in [0.4, 0.5) is 13.2 Å². The summed E-state index contributed by atoms with van der Waals surface area (Å²) in [6.07, 6.45) is -1.08. The molecule has 0 aliphatic heterocycles. The van der Waals surface area contributed by atoms with Crippen LogP contribution < -0.4 is 5.32 Å². The lowest BCUT2D eigenvalue weighted by atomic mass is 10.1. The number of rotatable bonds is 4. The molecule has 0 aliphatic carbocycles. The van der Waals surface area contributed by atoms with Crippen molar-refractivity contribution in [3.05, 3.63) is 71.0 Å². The number of carbonyl (C=O) groups excluding carboxylic acids is 1. The van der Waals surface area contributed by atoms with Crippen molar-refractivity contribution in [1.82, 2.24) is 5.32 Å². The Morgan fingerprint density at radius 2 is 1.76 bits per heavy atom. The predicted molar refractivity (Wildman–Crippen MR) is 70.1 cm³/mol. The summed E-state index contributed by atoms with van der Waals surface area (Å²) in [4.78, 5) is 11.7. The van der Waals surface area contributed by atoms with Crippen LogP contribution in [0.25, 0.3) is 0 Å². The number of hydrogen-bond donors (Lipinski definition) is 2. The van der Waals surface area contributed by atoms with E-state index in [2.05, 4.69) is 5.32 Å². The fraction of sp³-hybridized carbons (Fsp3) is 0.133. The van der Waals surface area contributed by atoms with Gasteiger partial charge in [-0.1, -0.05) is 18.2 Å². The molecule has 6 heteroatoms. The molecular weight excluding hydrogens is 283 g/mol. The van der Waals surface area contributed by atoms with Gasteiger partial charge in [-0.05, 0) is 29.8 Å². The van der Waals surface area contributed by atoms with Gasteiger partial charge >= 0.3 is 0 Å². The molecule has 21 heavy (non-hydrogen) atoms. The van der Waals surface area contributed by atoms with Crippen molar-refractivity contribution < 1.29 is 23.1 Å². The molecule has 2 N–H and O–H groups in total. The number of halogens is 3. The van der Waals surface area contributed by atoms with Gasteiger partial charge < -0.3 is 10.4 Å². The summed E-state index contributed by atoms with van der Waals surface area (Å²) in [5.74, 6) is -3.65. The van der Waals surface area contributed by atoms with Crippen LogP contribution in [0.5, 0.6) is 0 Å². The van der Waals surface area contributed by atoms with Gasteiger partial charge in [0.2, 0.25) is 0 Å². The highest BCUT2D eigenvalue weighted by Gasteiger charge is 2.16. The highest BCUT2D eigenvalue weighted by Crippen LogP contribution is 2.14. The first-order valence-electron chi connectivity index (χ1n) is 6.15. The first-order valence-corrected chi connectivity index (χ1v) is 6.15. The molecule has 0 heterocycles. The molecule has 0 fully saturated rings. The van der Waals surface area contributed by atoms with E-state index >= 15 is 0 Å². The maximum Gasteiger partial charge on any atom is 0.254 e. The van der Waals surface area contributed by atoms with E-state index in [1.54, 1.807) is 0 Å². The predicted octanol–water partition coefficient (Wildman–Crippen LogP) is 2.57. The SMILES string of the molecule is O=C(NCC(O)c1ccc(F)cc1)c1cccc(F)c1F. The first kappa shape index (κ1) is 15.1. The molecule has 1 atom stereocenters. The largest absolute Gasteiger partial charge is 0.387 e. The second kappa shape index (κ2) is 6.41. The zero-order valence-corrected chi connectivity index (χ0v) is 10.8. The molecule has 0 bridgehead atoms. The average molecular weight is 295 g/mol. The molecule has 3 nitrogen and oxygen atoms in total. The highest BCUT2D eigenvalue weighted by atomic mass is 19.2. The summed E-state index contributed by atoms with van der Waals surface area (Å²) < 4.78 is 39.1. The minimum atomic E-state index is -1.24. The van der Waals surface area contributed by atoms with E-state index in [1.807, 2.05) is 0 Å². The van der Waals surface area contributed by atoms with Gasteiger partial charge in [0.05, 0.1) is 11.7 Å². The standard InChI is InChI=1S/C15H12F3NO2/c16-10-6-4-9(5-7-10)13(20)8-19-15(21)11-2-1-3-12(17)14(11)18/h1-7,13,20H,8H2,(H,19,21). The number of aliphatic hydroxyl groups is 1. The van der Waals surface area contributed by atoms with E-state index in [1.165, 1.54) is 30.3 Å². The fourth-order valence-electron chi connectivity index (χ4n) is 1.77. The fourth-order valence-corrected chi connectivity index (χ4v) is 1.77. The van der Waals surface area contributed by atoms with Gasteiger partial charge in [-0.3, -0.25) is 4.79 Å². The van der Waals surface area contributed by atoms with E-state index in [9.17, 15) is 23.1 Å². The maximum atomic E-state index is 13.4. The van der Waals surface area contributed by atoms with Crippen LogP contribution in [0, 0.1) is 17.5 Å². The quantitative estimate of drug-likeness (QED) is 0.911. The van der Waals surface area contributed by atoms with Crippen LogP contribution >= 0.6 is 0 Å². The second-order valence-corrected chi connectivity index (χ2v) is 4.38. The molecule has 2 rings (SSSR count). The maximum absolute atomic E-state index is 13.4. The zero-order valence-electron chi connectivity index (χ0n) is 10.8. The molecule has 1 amide bonds. The third kappa shape index (κ3) is 3.61. The third-order valence-corrected chi connectivity index (χ3v) is 2.91. The number of aliphatic hydroxyl groups excluding tert-OH is 1. The molecule has 110 valence electrons. The van der Waals surface area contributed by atoms with Gasteiger partial charge in [0, 0.05) is 6.54 Å². The van der Waals surface area contributed by atoms with Crippen LogP contribution in [0.3, 0.4) is 0 Å². The molecular formula is C15H12F3NO2. The van der Waals surface area contributed by atoms with Gasteiger partial charge in [0.25, 0.3) is 5.91 Å². The Morgan fingerprint density at radius 1 is 1.10 bits per heavy atom. The van der Waals surface area contributed by atoms with Crippen LogP contribution in [0.1, 0.15) is 22.0 Å². The molecule has 0 aliphatic rings. The van der Waals surface area contributed by atoms with Crippen molar-refractivity contribution in [2.75, 3.05) is 6.54 Å². The minimum absolute atomic E-state index is 0.208. The van der Waals surface area contributed by atoms with Crippen molar-refractivity contribution in [2.45, 2.75) is 6.10 Å². The summed E-state index contributed by atoms with van der Waals surface area (Å²) in [5, 5.41) is 12.1. The van der Waals surface area contributed by atoms with Gasteiger partial charge in [0.1, 0.15) is 5.82 Å². The van der Waals surface area contributed by atoms with Crippen LogP contribution in [-0.4, -0.2) is 17.6 Å². The Bertz CT molecular complexity index is 644. The molecule has 0 spiro atoms. The number of carbonyl (C=O) groups is 1. The van der Waals surface area contributed by atoms with Crippen molar-refractivity contribution in [3.8, 4) is 0 Å². The summed E-state index contributed by atoms with van der Waals surface area (Å²) in [7, 11) is 0. The summed E-state index contributed by atoms with van der Waals surface area (Å²) in [6, 6.07) is 8.34. The third-order valence-electron chi connectivity index (χ3n) is 2.91. The highest BCUT2D eigenvalue weighted by molar-refractivity contribution is 5.94. The van der Waals surface area contributed by atoms with Gasteiger partial charge in [-0.15, -0.1) is 0 Å². The Kier molecular flexibility index (Phi) is 4.59. The first-order chi connectivity index (χ1) is 9.99. The van der Waals surface area contributed by atoms with Crippen LogP contribution in [0.2, 0.25) is 0 Å². The van der Waals surface area contributed by atoms with Crippen molar-refractivity contribution in [3.63, 3.8) is 0 Å². The number of nitrogens with one attached hydrogen (secondary N) is 1. The van der Waals surface area contributed by atoms with Gasteiger partial charge in [-0.2, -0.15) is 0 Å². The van der Waals surface area contributed by atoms with Crippen molar-refractivity contribution >= 4 is 5.91 Å². The van der Waals surface area contributed by atoms with Crippen LogP contribution in [0.15, 0.2) is 42.5 Å². The Hall–Kier alpha value is -2.34. The number of amides is 1. The van der Waals surface area contributed by atoms with E-state index < -0.39 is 35.0 Å². The Balaban J connectivity index is 2.00. The molecule has 0 aromatic heterocycles. The van der Waals surface area contributed by atoms with E-state index in [-0.39, 0.29) is 6.54 Å². The van der Waals surface area contributed by atoms with E-state index in [0.717, 1.165) is 12.1 Å². The molecule has 0 saturated carbocycles. The number of hydrogen-bond acceptors (Lipinski definition) is 2. The number of benzene rings is 2. The Morgan fingerprint density at radius 3 is 2.43 bits per heavy atom. The zero-order chi connectivity index (χ0) is 15.4. The molecule has 2 aromatic carbocycles. The summed E-state index contributed by atoms with van der Waals surface area (Å²) >= 11 is 0. The smallest absolute Gasteiger partial charge is 0.254 e. The van der Waals surface area contributed by atoms with Crippen molar-refractivity contribution in [2.24, 2.45) is 0 Å². The molecule has 2 aromatic rings. The summed E-state index contributed by atoms with van der Waals surface area (Å²) in [5.41, 5.74) is -0.0438. The lowest BCUT2D eigenvalue weighted by Crippen LogP contribution is -2.29. The van der Waals surface area contributed by atoms with Gasteiger partial charge in [0.15, 0.2) is 11.6 Å². The topological polar surface area (TPSA) is 49.3 Å². The average Bonchev–Trinajstić information content (AvgIpc) is 2.48. The lowest BCUT2D eigenvalue weighted by Gasteiger charge is -2.12. The van der Waals surface area contributed by atoms with Gasteiger partial charge in [-0.25, -0.2) is 13.2 Å². The molecule has 0 saturated heterocycles.